The van der Waals surface area contributed by atoms with E-state index in [9.17, 15) is 37.7 Å². The van der Waals surface area contributed by atoms with Gasteiger partial charge < -0.3 is 4.90 Å². The Morgan fingerprint density at radius 1 is 1.29 bits per heavy atom. The van der Waals surface area contributed by atoms with Gasteiger partial charge in [-0.05, 0) is 31.7 Å². The molecule has 1 aromatic carbocycles. The second kappa shape index (κ2) is 6.88. The van der Waals surface area contributed by atoms with E-state index in [-0.39, 0.29) is 17.0 Å². The number of halogens is 3. The highest BCUT2D eigenvalue weighted by Gasteiger charge is 2.43. The van der Waals surface area contributed by atoms with Crippen LogP contribution in [0, 0.1) is 16.0 Å². The molecule has 150 valence electrons. The van der Waals surface area contributed by atoms with E-state index in [0.717, 1.165) is 18.2 Å². The molecule has 0 aromatic heterocycles. The third-order valence-electron chi connectivity index (χ3n) is 4.92. The maximum atomic E-state index is 12.9. The molecule has 1 atom stereocenters. The van der Waals surface area contributed by atoms with Crippen LogP contribution >= 0.6 is 0 Å². The zero-order chi connectivity index (χ0) is 20.8. The molecule has 0 N–H and O–H groups in total. The molecule has 1 aromatic rings. The van der Waals surface area contributed by atoms with Gasteiger partial charge in [0, 0.05) is 18.2 Å². The van der Waals surface area contributed by atoms with Gasteiger partial charge >= 0.3 is 6.18 Å². The molecular formula is C17H16F3N3O5. The Morgan fingerprint density at radius 2 is 1.89 bits per heavy atom. The first-order valence-corrected chi connectivity index (χ1v) is 8.50. The highest BCUT2D eigenvalue weighted by Crippen LogP contribution is 2.36. The molecule has 0 saturated heterocycles. The molecule has 1 heterocycles. The van der Waals surface area contributed by atoms with E-state index in [2.05, 4.69) is 0 Å². The summed E-state index contributed by atoms with van der Waals surface area (Å²) in [6.45, 7) is -0.821. The summed E-state index contributed by atoms with van der Waals surface area (Å²) in [6.07, 6.45) is -3.21. The maximum absolute atomic E-state index is 12.9. The molecule has 1 aliphatic carbocycles. The quantitative estimate of drug-likeness (QED) is 0.415. The van der Waals surface area contributed by atoms with E-state index >= 15 is 0 Å². The summed E-state index contributed by atoms with van der Waals surface area (Å²) in [5.41, 5.74) is -0.778. The molecule has 1 fully saturated rings. The zero-order valence-electron chi connectivity index (χ0n) is 14.7. The lowest BCUT2D eigenvalue weighted by Crippen LogP contribution is -2.50. The Kier molecular flexibility index (Phi) is 4.86. The third kappa shape index (κ3) is 3.82. The number of carbonyl (C=O) groups excluding carboxylic acids is 3. The minimum absolute atomic E-state index is 0.0453. The van der Waals surface area contributed by atoms with Crippen molar-refractivity contribution in [3.8, 4) is 0 Å². The lowest BCUT2D eigenvalue weighted by Gasteiger charge is -2.31. The summed E-state index contributed by atoms with van der Waals surface area (Å²) in [5.74, 6) is -2.85. The molecular weight excluding hydrogens is 383 g/mol. The van der Waals surface area contributed by atoms with Gasteiger partial charge in [-0.1, -0.05) is 0 Å². The van der Waals surface area contributed by atoms with E-state index < -0.39 is 53.6 Å². The third-order valence-corrected chi connectivity index (χ3v) is 4.92. The van der Waals surface area contributed by atoms with Gasteiger partial charge in [-0.25, -0.2) is 0 Å². The number of non-ortho nitro benzene ring substituents is 1. The van der Waals surface area contributed by atoms with E-state index in [1.54, 1.807) is 0 Å². The molecule has 8 nitrogen and oxygen atoms in total. The normalized spacial score (nSPS) is 17.5. The van der Waals surface area contributed by atoms with Crippen molar-refractivity contribution < 1.29 is 32.5 Å². The first kappa shape index (κ1) is 19.8. The molecule has 3 rings (SSSR count). The molecule has 0 bridgehead atoms. The first-order chi connectivity index (χ1) is 13.0. The minimum atomic E-state index is -4.62. The number of benzene rings is 1. The Bertz CT molecular complexity index is 866. The number of carbonyl (C=O) groups is 3. The summed E-state index contributed by atoms with van der Waals surface area (Å²) in [5, 5.41) is 10.8. The summed E-state index contributed by atoms with van der Waals surface area (Å²) in [7, 11) is 0. The van der Waals surface area contributed by atoms with Crippen LogP contribution in [0.15, 0.2) is 18.2 Å². The minimum Gasteiger partial charge on any atom is -0.329 e. The van der Waals surface area contributed by atoms with Crippen molar-refractivity contribution >= 4 is 23.4 Å². The van der Waals surface area contributed by atoms with Crippen molar-refractivity contribution in [3.05, 3.63) is 39.4 Å². The average molecular weight is 399 g/mol. The number of hydrogen-bond donors (Lipinski definition) is 0. The van der Waals surface area contributed by atoms with Crippen molar-refractivity contribution in [2.75, 3.05) is 13.1 Å². The Morgan fingerprint density at radius 3 is 2.43 bits per heavy atom. The van der Waals surface area contributed by atoms with Gasteiger partial charge in [0.25, 0.3) is 17.5 Å². The van der Waals surface area contributed by atoms with Crippen LogP contribution in [0.3, 0.4) is 0 Å². The van der Waals surface area contributed by atoms with Crippen LogP contribution in [0.1, 0.15) is 40.5 Å². The van der Waals surface area contributed by atoms with Gasteiger partial charge in [-0.3, -0.25) is 29.4 Å². The first-order valence-electron chi connectivity index (χ1n) is 8.50. The van der Waals surface area contributed by atoms with E-state index in [1.807, 2.05) is 0 Å². The second-order valence-corrected chi connectivity index (χ2v) is 6.90. The van der Waals surface area contributed by atoms with Crippen LogP contribution < -0.4 is 0 Å². The number of rotatable bonds is 6. The molecule has 1 aliphatic heterocycles. The Balaban J connectivity index is 1.81. The van der Waals surface area contributed by atoms with Crippen molar-refractivity contribution in [3.63, 3.8) is 0 Å². The number of hydrogen-bond acceptors (Lipinski definition) is 5. The maximum Gasteiger partial charge on any atom is 0.406 e. The fraction of sp³-hybridized carbons (Fsp3) is 0.471. The molecule has 1 saturated carbocycles. The topological polar surface area (TPSA) is 101 Å². The van der Waals surface area contributed by atoms with Crippen molar-refractivity contribution in [2.45, 2.75) is 32.0 Å². The lowest BCUT2D eigenvalue weighted by atomic mass is 10.1. The number of nitrogens with zero attached hydrogens (tertiary/aromatic N) is 3. The number of amides is 3. The van der Waals surface area contributed by atoms with E-state index in [4.69, 9.17) is 0 Å². The standard InChI is InChI=1S/C17H16F3N3O5/c1-9(10-2-3-10)22(8-17(18,19)20)14(24)7-21-15(25)12-5-4-11(23(27)28)6-13(12)16(21)26/h4-6,9-10H,2-3,7-8H2,1H3/t9-/m1/s1. The number of nitro groups is 1. The average Bonchev–Trinajstić information content (AvgIpc) is 3.43. The highest BCUT2D eigenvalue weighted by atomic mass is 19.4. The molecule has 11 heteroatoms. The van der Waals surface area contributed by atoms with Crippen LogP contribution in [-0.4, -0.2) is 57.8 Å². The van der Waals surface area contributed by atoms with Gasteiger partial charge in [0.2, 0.25) is 5.91 Å². The number of fused-ring (bicyclic) bond motifs is 1. The van der Waals surface area contributed by atoms with Crippen LogP contribution in [0.2, 0.25) is 0 Å². The molecule has 0 spiro atoms. The second-order valence-electron chi connectivity index (χ2n) is 6.90. The zero-order valence-corrected chi connectivity index (χ0v) is 14.7. The van der Waals surface area contributed by atoms with Crippen LogP contribution in [0.25, 0.3) is 0 Å². The Hall–Kier alpha value is -2.98. The summed E-state index contributed by atoms with van der Waals surface area (Å²) >= 11 is 0. The largest absolute Gasteiger partial charge is 0.406 e. The molecule has 0 unspecified atom stereocenters. The van der Waals surface area contributed by atoms with Gasteiger partial charge in [-0.15, -0.1) is 0 Å². The van der Waals surface area contributed by atoms with E-state index in [1.165, 1.54) is 6.92 Å². The summed E-state index contributed by atoms with van der Waals surface area (Å²) < 4.78 is 38.7. The molecule has 0 radical (unpaired) electrons. The van der Waals surface area contributed by atoms with Gasteiger partial charge in [0.05, 0.1) is 16.1 Å². The Labute approximate surface area is 157 Å². The van der Waals surface area contributed by atoms with E-state index in [0.29, 0.717) is 22.6 Å². The van der Waals surface area contributed by atoms with Gasteiger partial charge in [-0.2, -0.15) is 13.2 Å². The van der Waals surface area contributed by atoms with Gasteiger partial charge in [0.1, 0.15) is 13.1 Å². The number of nitro benzene ring substituents is 1. The monoisotopic (exact) mass is 399 g/mol. The molecule has 3 amide bonds. The molecule has 28 heavy (non-hydrogen) atoms. The summed E-state index contributed by atoms with van der Waals surface area (Å²) in [4.78, 5) is 48.6. The predicted octanol–water partition coefficient (Wildman–Crippen LogP) is 2.38. The molecule has 2 aliphatic rings. The smallest absolute Gasteiger partial charge is 0.329 e. The van der Waals surface area contributed by atoms with Crippen LogP contribution in [-0.2, 0) is 4.79 Å². The number of alkyl halides is 3. The van der Waals surface area contributed by atoms with Crippen molar-refractivity contribution in [2.24, 2.45) is 5.92 Å². The fourth-order valence-corrected chi connectivity index (χ4v) is 3.25. The highest BCUT2D eigenvalue weighted by molar-refractivity contribution is 6.22. The SMILES string of the molecule is C[C@H](C1CC1)N(CC(F)(F)F)C(=O)CN1C(=O)c2ccc([N+](=O)[O-])cc2C1=O. The van der Waals surface area contributed by atoms with Crippen molar-refractivity contribution in [1.29, 1.82) is 0 Å². The fourth-order valence-electron chi connectivity index (χ4n) is 3.25. The van der Waals surface area contributed by atoms with Crippen molar-refractivity contribution in [1.82, 2.24) is 9.80 Å². The summed E-state index contributed by atoms with van der Waals surface area (Å²) in [6, 6.07) is 2.38. The van der Waals surface area contributed by atoms with Gasteiger partial charge in [0.15, 0.2) is 0 Å². The van der Waals surface area contributed by atoms with Crippen LogP contribution in [0.5, 0.6) is 0 Å². The predicted molar refractivity (Wildman–Crippen MR) is 88.4 cm³/mol. The van der Waals surface area contributed by atoms with Crippen LogP contribution in [0.4, 0.5) is 18.9 Å². The number of imide groups is 1. The lowest BCUT2D eigenvalue weighted by molar-refractivity contribution is -0.384.